The lowest BCUT2D eigenvalue weighted by Crippen LogP contribution is -2.41. The van der Waals surface area contributed by atoms with E-state index in [1.165, 1.54) is 0 Å². The highest BCUT2D eigenvalue weighted by Crippen LogP contribution is 2.36. The number of rotatable bonds is 7. The lowest BCUT2D eigenvalue weighted by Gasteiger charge is -2.32. The average molecular weight is 320 g/mol. The number of ether oxygens (including phenoxy) is 1. The van der Waals surface area contributed by atoms with Gasteiger partial charge in [0.25, 0.3) is 0 Å². The molecular formula is C17H29BN2O3. The van der Waals surface area contributed by atoms with Crippen LogP contribution in [0, 0.1) is 0 Å². The van der Waals surface area contributed by atoms with Crippen molar-refractivity contribution in [2.24, 2.45) is 0 Å². The van der Waals surface area contributed by atoms with Crippen molar-refractivity contribution in [3.63, 3.8) is 0 Å². The van der Waals surface area contributed by atoms with Crippen molar-refractivity contribution in [3.05, 3.63) is 18.3 Å². The molecule has 0 saturated carbocycles. The summed E-state index contributed by atoms with van der Waals surface area (Å²) in [6.07, 6.45) is 2.83. The Morgan fingerprint density at radius 3 is 2.35 bits per heavy atom. The van der Waals surface area contributed by atoms with Crippen LogP contribution in [-0.4, -0.2) is 50.1 Å². The molecule has 128 valence electrons. The van der Waals surface area contributed by atoms with E-state index >= 15 is 0 Å². The summed E-state index contributed by atoms with van der Waals surface area (Å²) in [4.78, 5) is 6.67. The van der Waals surface area contributed by atoms with Crippen LogP contribution in [0.4, 0.5) is 5.82 Å². The van der Waals surface area contributed by atoms with Crippen LogP contribution in [0.25, 0.3) is 0 Å². The number of nitrogens with zero attached hydrogens (tertiary/aromatic N) is 2. The van der Waals surface area contributed by atoms with Crippen LogP contribution in [0.2, 0.25) is 0 Å². The van der Waals surface area contributed by atoms with Crippen molar-refractivity contribution in [2.75, 3.05) is 31.7 Å². The molecule has 0 atom stereocenters. The standard InChI is InChI=1S/C17H29BN2O3/c1-7-21-12-8-11-20(6)15-10-9-14(13-19-15)18-22-16(2,3)17(4,5)23-18/h9-10,13H,7-8,11-12H2,1-6H3. The highest BCUT2D eigenvalue weighted by molar-refractivity contribution is 6.62. The first kappa shape index (κ1) is 18.2. The SMILES string of the molecule is CCOCCCN(C)c1ccc(B2OC(C)(C)C(C)(C)O2)cn1. The van der Waals surface area contributed by atoms with Gasteiger partial charge in [0.05, 0.1) is 11.2 Å². The first-order valence-corrected chi connectivity index (χ1v) is 8.37. The van der Waals surface area contributed by atoms with Crippen molar-refractivity contribution >= 4 is 18.4 Å². The minimum absolute atomic E-state index is 0.327. The molecule has 0 aromatic carbocycles. The zero-order valence-corrected chi connectivity index (χ0v) is 15.3. The molecule has 0 N–H and O–H groups in total. The second-order valence-corrected chi connectivity index (χ2v) is 7.01. The van der Waals surface area contributed by atoms with Crippen LogP contribution in [0.3, 0.4) is 0 Å². The van der Waals surface area contributed by atoms with Gasteiger partial charge < -0.3 is 18.9 Å². The first-order chi connectivity index (χ1) is 10.8. The molecule has 0 amide bonds. The Balaban J connectivity index is 1.95. The molecule has 1 aromatic heterocycles. The van der Waals surface area contributed by atoms with Crippen molar-refractivity contribution in [1.82, 2.24) is 4.98 Å². The van der Waals surface area contributed by atoms with E-state index in [4.69, 9.17) is 14.0 Å². The number of anilines is 1. The molecule has 1 aliphatic heterocycles. The Kier molecular flexibility index (Phi) is 5.71. The predicted octanol–water partition coefficient (Wildman–Crippen LogP) is 2.24. The Morgan fingerprint density at radius 2 is 1.83 bits per heavy atom. The predicted molar refractivity (Wildman–Crippen MR) is 94.3 cm³/mol. The first-order valence-electron chi connectivity index (χ1n) is 8.37. The number of hydrogen-bond donors (Lipinski definition) is 0. The monoisotopic (exact) mass is 320 g/mol. The van der Waals surface area contributed by atoms with Crippen LogP contribution >= 0.6 is 0 Å². The summed E-state index contributed by atoms with van der Waals surface area (Å²) >= 11 is 0. The molecule has 1 aromatic rings. The van der Waals surface area contributed by atoms with Crippen LogP contribution < -0.4 is 10.4 Å². The van der Waals surface area contributed by atoms with E-state index in [9.17, 15) is 0 Å². The number of pyridine rings is 1. The second-order valence-electron chi connectivity index (χ2n) is 7.01. The van der Waals surface area contributed by atoms with Gasteiger partial charge in [0.2, 0.25) is 0 Å². The van der Waals surface area contributed by atoms with Crippen molar-refractivity contribution in [2.45, 2.75) is 52.2 Å². The van der Waals surface area contributed by atoms with Gasteiger partial charge in [0, 0.05) is 38.5 Å². The Hall–Kier alpha value is -1.11. The third kappa shape index (κ3) is 4.25. The van der Waals surface area contributed by atoms with Gasteiger partial charge in [-0.3, -0.25) is 0 Å². The van der Waals surface area contributed by atoms with E-state index in [0.717, 1.165) is 37.5 Å². The van der Waals surface area contributed by atoms with Gasteiger partial charge in [-0.2, -0.15) is 0 Å². The van der Waals surface area contributed by atoms with Crippen LogP contribution in [0.15, 0.2) is 18.3 Å². The highest BCUT2D eigenvalue weighted by Gasteiger charge is 2.51. The molecule has 1 fully saturated rings. The topological polar surface area (TPSA) is 43.8 Å². The van der Waals surface area contributed by atoms with E-state index < -0.39 is 0 Å². The molecule has 2 heterocycles. The Morgan fingerprint density at radius 1 is 1.17 bits per heavy atom. The van der Waals surface area contributed by atoms with E-state index in [0.29, 0.717) is 0 Å². The maximum atomic E-state index is 6.05. The van der Waals surface area contributed by atoms with Gasteiger partial charge in [-0.15, -0.1) is 0 Å². The third-order valence-corrected chi connectivity index (χ3v) is 4.67. The molecule has 0 radical (unpaired) electrons. The molecule has 0 aliphatic carbocycles. The van der Waals surface area contributed by atoms with Gasteiger partial charge >= 0.3 is 7.12 Å². The Labute approximate surface area is 140 Å². The van der Waals surface area contributed by atoms with E-state index in [1.807, 2.05) is 32.3 Å². The second kappa shape index (κ2) is 7.20. The maximum absolute atomic E-state index is 6.05. The van der Waals surface area contributed by atoms with Crippen LogP contribution in [0.5, 0.6) is 0 Å². The van der Waals surface area contributed by atoms with Gasteiger partial charge in [-0.25, -0.2) is 4.98 Å². The summed E-state index contributed by atoms with van der Waals surface area (Å²) < 4.78 is 17.5. The molecule has 1 aliphatic rings. The number of aromatic nitrogens is 1. The molecule has 1 saturated heterocycles. The van der Waals surface area contributed by atoms with E-state index in [-0.39, 0.29) is 18.3 Å². The Bertz CT molecular complexity index is 489. The van der Waals surface area contributed by atoms with Crippen molar-refractivity contribution in [3.8, 4) is 0 Å². The zero-order chi connectivity index (χ0) is 17.1. The summed E-state index contributed by atoms with van der Waals surface area (Å²) in [6, 6.07) is 4.05. The third-order valence-electron chi connectivity index (χ3n) is 4.67. The minimum Gasteiger partial charge on any atom is -0.399 e. The lowest BCUT2D eigenvalue weighted by atomic mass is 9.80. The zero-order valence-electron chi connectivity index (χ0n) is 15.3. The number of hydrogen-bond acceptors (Lipinski definition) is 5. The summed E-state index contributed by atoms with van der Waals surface area (Å²) in [5.74, 6) is 0.946. The average Bonchev–Trinajstić information content (AvgIpc) is 2.72. The largest absolute Gasteiger partial charge is 0.496 e. The summed E-state index contributed by atoms with van der Waals surface area (Å²) in [5.41, 5.74) is 0.300. The molecule has 0 spiro atoms. The fourth-order valence-corrected chi connectivity index (χ4v) is 2.40. The lowest BCUT2D eigenvalue weighted by molar-refractivity contribution is 0.00578. The molecule has 0 unspecified atom stereocenters. The summed E-state index contributed by atoms with van der Waals surface area (Å²) in [7, 11) is 1.69. The molecule has 5 nitrogen and oxygen atoms in total. The van der Waals surface area contributed by atoms with Crippen molar-refractivity contribution < 1.29 is 14.0 Å². The molecule has 0 bridgehead atoms. The smallest absolute Gasteiger partial charge is 0.399 e. The summed E-state index contributed by atoms with van der Waals surface area (Å²) in [6.45, 7) is 12.7. The fraction of sp³-hybridized carbons (Fsp3) is 0.706. The van der Waals surface area contributed by atoms with Gasteiger partial charge in [0.15, 0.2) is 0 Å². The molecule has 2 rings (SSSR count). The van der Waals surface area contributed by atoms with Gasteiger partial charge in [-0.1, -0.05) is 6.07 Å². The van der Waals surface area contributed by atoms with E-state index in [1.54, 1.807) is 0 Å². The van der Waals surface area contributed by atoms with Gasteiger partial charge in [0.1, 0.15) is 5.82 Å². The van der Waals surface area contributed by atoms with Crippen LogP contribution in [0.1, 0.15) is 41.0 Å². The minimum atomic E-state index is -0.357. The molecular weight excluding hydrogens is 291 g/mol. The molecule has 6 heteroatoms. The summed E-state index contributed by atoms with van der Waals surface area (Å²) in [5, 5.41) is 0. The maximum Gasteiger partial charge on any atom is 0.496 e. The van der Waals surface area contributed by atoms with Crippen LogP contribution in [-0.2, 0) is 14.0 Å². The van der Waals surface area contributed by atoms with Crippen molar-refractivity contribution in [1.29, 1.82) is 0 Å². The quantitative estimate of drug-likeness (QED) is 0.569. The fourth-order valence-electron chi connectivity index (χ4n) is 2.40. The van der Waals surface area contributed by atoms with Gasteiger partial charge in [-0.05, 0) is 47.1 Å². The molecule has 23 heavy (non-hydrogen) atoms. The highest BCUT2D eigenvalue weighted by atomic mass is 16.7. The normalized spacial score (nSPS) is 19.1. The van der Waals surface area contributed by atoms with E-state index in [2.05, 4.69) is 37.6 Å².